The fraction of sp³-hybridized carbons (Fsp3) is 0.690. The van der Waals surface area contributed by atoms with Crippen molar-refractivity contribution in [3.8, 4) is 0 Å². The third-order valence-corrected chi connectivity index (χ3v) is 10.4. The Morgan fingerprint density at radius 2 is 1.64 bits per heavy atom. The van der Waals surface area contributed by atoms with Gasteiger partial charge in [-0.15, -0.1) is 11.8 Å². The van der Waals surface area contributed by atoms with Crippen molar-refractivity contribution in [3.63, 3.8) is 0 Å². The van der Waals surface area contributed by atoms with E-state index in [1.54, 1.807) is 4.90 Å². The molecular formula is C29H40N2O4S. The van der Waals surface area contributed by atoms with Crippen LogP contribution in [0.5, 0.6) is 0 Å². The van der Waals surface area contributed by atoms with E-state index in [1.165, 1.54) is 64.2 Å². The molecule has 0 spiro atoms. The predicted molar refractivity (Wildman–Crippen MR) is 141 cm³/mol. The second kappa shape index (κ2) is 10.9. The van der Waals surface area contributed by atoms with E-state index in [-0.39, 0.29) is 29.7 Å². The van der Waals surface area contributed by atoms with Gasteiger partial charge < -0.3 is 10.0 Å². The molecule has 36 heavy (non-hydrogen) atoms. The number of piperidine rings is 1. The van der Waals surface area contributed by atoms with Gasteiger partial charge in [0, 0.05) is 23.4 Å². The molecule has 2 bridgehead atoms. The summed E-state index contributed by atoms with van der Waals surface area (Å²) in [6, 6.07) is 5.32. The van der Waals surface area contributed by atoms with Crippen molar-refractivity contribution in [1.29, 1.82) is 0 Å². The minimum atomic E-state index is -0.556. The maximum atomic E-state index is 13.0. The molecule has 1 unspecified atom stereocenters. The first-order chi connectivity index (χ1) is 17.4. The van der Waals surface area contributed by atoms with Gasteiger partial charge in [0.15, 0.2) is 0 Å². The lowest BCUT2D eigenvalue weighted by molar-refractivity contribution is -0.136. The zero-order chi connectivity index (χ0) is 25.2. The lowest BCUT2D eigenvalue weighted by Gasteiger charge is -2.51. The molecule has 1 atom stereocenters. The molecule has 196 valence electrons. The van der Waals surface area contributed by atoms with Gasteiger partial charge >= 0.3 is 0 Å². The Balaban J connectivity index is 0.998. The molecule has 0 radical (unpaired) electrons. The molecule has 0 aromatic heterocycles. The second-order valence-electron chi connectivity index (χ2n) is 11.6. The number of aliphatic hydroxyl groups is 1. The van der Waals surface area contributed by atoms with Crippen LogP contribution in [-0.4, -0.2) is 45.1 Å². The van der Waals surface area contributed by atoms with Crippen molar-refractivity contribution in [2.24, 2.45) is 5.41 Å². The third kappa shape index (κ3) is 5.52. The summed E-state index contributed by atoms with van der Waals surface area (Å²) in [5.41, 5.74) is 1.96. The molecule has 3 amide bonds. The minimum absolute atomic E-state index is 0.0985. The number of thioether (sulfide) groups is 1. The number of carbonyl (C=O) groups is 3. The summed E-state index contributed by atoms with van der Waals surface area (Å²) in [7, 11) is 0. The molecule has 6 rings (SSSR count). The van der Waals surface area contributed by atoms with Crippen molar-refractivity contribution in [3.05, 3.63) is 29.3 Å². The molecular weight excluding hydrogens is 472 g/mol. The van der Waals surface area contributed by atoms with Gasteiger partial charge in [-0.05, 0) is 86.7 Å². The van der Waals surface area contributed by atoms with Crippen LogP contribution in [0.4, 0.5) is 0 Å². The average molecular weight is 513 g/mol. The fourth-order valence-electron chi connectivity index (χ4n) is 6.80. The van der Waals surface area contributed by atoms with Crippen molar-refractivity contribution >= 4 is 29.5 Å². The molecule has 4 fully saturated rings. The van der Waals surface area contributed by atoms with Crippen LogP contribution in [0.25, 0.3) is 0 Å². The highest BCUT2D eigenvalue weighted by molar-refractivity contribution is 7.99. The maximum Gasteiger partial charge on any atom is 0.255 e. The topological polar surface area (TPSA) is 86.7 Å². The van der Waals surface area contributed by atoms with Crippen LogP contribution in [0.15, 0.2) is 23.1 Å². The van der Waals surface area contributed by atoms with Crippen LogP contribution in [0.3, 0.4) is 0 Å². The Labute approximate surface area is 219 Å². The minimum Gasteiger partial charge on any atom is -0.390 e. The Hall–Kier alpha value is -1.86. The maximum absolute atomic E-state index is 13.0. The normalized spacial score (nSPS) is 29.5. The van der Waals surface area contributed by atoms with Gasteiger partial charge in [0.25, 0.3) is 5.91 Å². The highest BCUT2D eigenvalue weighted by Crippen LogP contribution is 2.54. The van der Waals surface area contributed by atoms with E-state index in [1.807, 2.05) is 23.9 Å². The monoisotopic (exact) mass is 512 g/mol. The zero-order valence-electron chi connectivity index (χ0n) is 21.4. The van der Waals surface area contributed by atoms with Crippen LogP contribution < -0.4 is 5.32 Å². The third-order valence-electron chi connectivity index (χ3n) is 9.26. The first kappa shape index (κ1) is 25.8. The molecule has 6 nitrogen and oxygen atoms in total. The summed E-state index contributed by atoms with van der Waals surface area (Å²) in [4.78, 5) is 39.5. The molecule has 2 heterocycles. The number of nitrogens with one attached hydrogen (secondary N) is 1. The van der Waals surface area contributed by atoms with Crippen LogP contribution in [-0.2, 0) is 16.1 Å². The summed E-state index contributed by atoms with van der Waals surface area (Å²) in [5.74, 6) is 0.326. The smallest absolute Gasteiger partial charge is 0.255 e. The van der Waals surface area contributed by atoms with Crippen molar-refractivity contribution < 1.29 is 19.5 Å². The summed E-state index contributed by atoms with van der Waals surface area (Å²) in [5, 5.41) is 12.8. The number of nitrogens with zero attached hydrogens (tertiary/aromatic N) is 1. The molecule has 7 heteroatoms. The van der Waals surface area contributed by atoms with E-state index in [9.17, 15) is 19.5 Å². The number of carbonyl (C=O) groups excluding carboxylic acids is 3. The van der Waals surface area contributed by atoms with Crippen LogP contribution >= 0.6 is 11.8 Å². The Morgan fingerprint density at radius 3 is 2.36 bits per heavy atom. The van der Waals surface area contributed by atoms with Crippen LogP contribution in [0.1, 0.15) is 112 Å². The van der Waals surface area contributed by atoms with Crippen molar-refractivity contribution in [2.75, 3.05) is 5.75 Å². The molecule has 5 aliphatic rings. The van der Waals surface area contributed by atoms with Gasteiger partial charge in [-0.1, -0.05) is 38.2 Å². The van der Waals surface area contributed by atoms with Gasteiger partial charge in [0.2, 0.25) is 11.8 Å². The summed E-state index contributed by atoms with van der Waals surface area (Å²) in [6.07, 6.45) is 16.5. The number of amides is 3. The largest absolute Gasteiger partial charge is 0.390 e. The standard InChI is InChI=1S/C29H40N2O4S/c32-25-11-10-23(26(33)30-25)31-20-22-21(27(31)34)8-7-9-24(22)36-19-6-4-2-1-3-5-12-28-13-16-29(35,17-14-28)18-15-28/h7-9,23,35H,1-6,10-20H2,(H,30,32,33). The Kier molecular flexibility index (Phi) is 7.78. The van der Waals surface area contributed by atoms with Crippen LogP contribution in [0, 0.1) is 5.41 Å². The SMILES string of the molecule is O=C1CCC(N2Cc3c(SCCCCCCCCC45CCC(O)(CC4)CC5)cccc3C2=O)C(=O)N1. The molecule has 2 aliphatic heterocycles. The molecule has 1 saturated heterocycles. The second-order valence-corrected chi connectivity index (χ2v) is 12.8. The average Bonchev–Trinajstić information content (AvgIpc) is 3.21. The van der Waals surface area contributed by atoms with E-state index in [0.29, 0.717) is 23.9 Å². The van der Waals surface area contributed by atoms with E-state index in [0.717, 1.165) is 35.5 Å². The molecule has 2 N–H and O–H groups in total. The quantitative estimate of drug-likeness (QED) is 0.237. The highest BCUT2D eigenvalue weighted by Gasteiger charge is 2.47. The van der Waals surface area contributed by atoms with Gasteiger partial charge in [0.1, 0.15) is 6.04 Å². The number of rotatable bonds is 11. The number of benzene rings is 1. The lowest BCUT2D eigenvalue weighted by Crippen LogP contribution is -2.52. The number of hydrogen-bond donors (Lipinski definition) is 2. The molecule has 1 aromatic carbocycles. The van der Waals surface area contributed by atoms with Gasteiger partial charge in [-0.2, -0.15) is 0 Å². The Bertz CT molecular complexity index is 984. The van der Waals surface area contributed by atoms with E-state index < -0.39 is 6.04 Å². The van der Waals surface area contributed by atoms with E-state index in [2.05, 4.69) is 11.4 Å². The number of hydrogen-bond acceptors (Lipinski definition) is 5. The summed E-state index contributed by atoms with van der Waals surface area (Å²) < 4.78 is 0. The van der Waals surface area contributed by atoms with Gasteiger partial charge in [0.05, 0.1) is 5.60 Å². The zero-order valence-corrected chi connectivity index (χ0v) is 22.2. The molecule has 3 aliphatic carbocycles. The van der Waals surface area contributed by atoms with Crippen molar-refractivity contribution in [1.82, 2.24) is 10.2 Å². The van der Waals surface area contributed by atoms with E-state index >= 15 is 0 Å². The summed E-state index contributed by atoms with van der Waals surface area (Å²) in [6.45, 7) is 0.449. The Morgan fingerprint density at radius 1 is 0.944 bits per heavy atom. The van der Waals surface area contributed by atoms with Gasteiger partial charge in [-0.25, -0.2) is 0 Å². The summed E-state index contributed by atoms with van der Waals surface area (Å²) >= 11 is 1.82. The number of unbranched alkanes of at least 4 members (excludes halogenated alkanes) is 5. The van der Waals surface area contributed by atoms with Crippen molar-refractivity contribution in [2.45, 2.75) is 119 Å². The van der Waals surface area contributed by atoms with Crippen LogP contribution in [0.2, 0.25) is 0 Å². The first-order valence-corrected chi connectivity index (χ1v) is 15.0. The fourth-order valence-corrected chi connectivity index (χ4v) is 7.89. The predicted octanol–water partition coefficient (Wildman–Crippen LogP) is 5.36. The number of fused-ring (bicyclic) bond motifs is 4. The first-order valence-electron chi connectivity index (χ1n) is 14.0. The molecule has 3 saturated carbocycles. The van der Waals surface area contributed by atoms with Gasteiger partial charge in [-0.3, -0.25) is 19.7 Å². The highest BCUT2D eigenvalue weighted by atomic mass is 32.2. The molecule has 1 aromatic rings. The number of imide groups is 1. The van der Waals surface area contributed by atoms with E-state index in [4.69, 9.17) is 0 Å². The lowest BCUT2D eigenvalue weighted by atomic mass is 9.57.